The summed E-state index contributed by atoms with van der Waals surface area (Å²) in [4.78, 5) is 19.1. The van der Waals surface area contributed by atoms with Gasteiger partial charge >= 0.3 is 6.03 Å². The molecule has 1 aromatic heterocycles. The number of amides is 2. The van der Waals surface area contributed by atoms with Gasteiger partial charge in [0.15, 0.2) is 12.4 Å². The van der Waals surface area contributed by atoms with E-state index in [1.54, 1.807) is 0 Å². The lowest BCUT2D eigenvalue weighted by molar-refractivity contribution is 0.182. The zero-order valence-corrected chi connectivity index (χ0v) is 16.4. The minimum Gasteiger partial charge on any atom is -0.484 e. The molecule has 1 N–H and O–H groups in total. The number of carbonyl (C=O) groups excluding carboxylic acids is 1. The number of urea groups is 1. The molecule has 150 valence electrons. The Kier molecular flexibility index (Phi) is 5.78. The monoisotopic (exact) mass is 384 g/mol. The van der Waals surface area contributed by atoms with Gasteiger partial charge in [0.1, 0.15) is 5.75 Å². The maximum atomic E-state index is 12.7. The fraction of sp³-hybridized carbons (Fsp3) is 0.571. The van der Waals surface area contributed by atoms with Crippen LogP contribution >= 0.6 is 0 Å². The Morgan fingerprint density at radius 1 is 1.18 bits per heavy atom. The highest BCUT2D eigenvalue weighted by Gasteiger charge is 2.34. The van der Waals surface area contributed by atoms with Crippen LogP contribution in [0.4, 0.5) is 4.79 Å². The molecule has 2 heterocycles. The Morgan fingerprint density at radius 2 is 1.96 bits per heavy atom. The SMILES string of the molecule is Cc1ccc(OCc2nc(C3CCCN3C(=O)NC3CCCCC3)no2)cc1. The number of rotatable bonds is 5. The molecule has 7 heteroatoms. The maximum absolute atomic E-state index is 12.7. The second-order valence-corrected chi connectivity index (χ2v) is 7.78. The molecule has 1 saturated carbocycles. The molecule has 7 nitrogen and oxygen atoms in total. The Balaban J connectivity index is 1.35. The Hall–Kier alpha value is -2.57. The smallest absolute Gasteiger partial charge is 0.318 e. The van der Waals surface area contributed by atoms with E-state index < -0.39 is 0 Å². The second kappa shape index (κ2) is 8.63. The lowest BCUT2D eigenvalue weighted by Crippen LogP contribution is -2.45. The first-order valence-electron chi connectivity index (χ1n) is 10.3. The maximum Gasteiger partial charge on any atom is 0.318 e. The zero-order valence-electron chi connectivity index (χ0n) is 16.4. The summed E-state index contributed by atoms with van der Waals surface area (Å²) in [7, 11) is 0. The zero-order chi connectivity index (χ0) is 19.3. The molecule has 0 bridgehead atoms. The summed E-state index contributed by atoms with van der Waals surface area (Å²) in [5, 5.41) is 7.31. The third-order valence-electron chi connectivity index (χ3n) is 5.61. The Morgan fingerprint density at radius 3 is 2.75 bits per heavy atom. The van der Waals surface area contributed by atoms with E-state index in [1.165, 1.54) is 24.8 Å². The van der Waals surface area contributed by atoms with E-state index in [0.29, 0.717) is 17.8 Å². The van der Waals surface area contributed by atoms with Crippen molar-refractivity contribution in [1.82, 2.24) is 20.4 Å². The van der Waals surface area contributed by atoms with Gasteiger partial charge in [-0.3, -0.25) is 0 Å². The van der Waals surface area contributed by atoms with Crippen LogP contribution in [0.5, 0.6) is 5.75 Å². The molecule has 1 aliphatic heterocycles. The van der Waals surface area contributed by atoms with Crippen molar-refractivity contribution in [3.63, 3.8) is 0 Å². The normalized spacial score (nSPS) is 20.3. The predicted molar refractivity (Wildman–Crippen MR) is 104 cm³/mol. The third-order valence-corrected chi connectivity index (χ3v) is 5.61. The highest BCUT2D eigenvalue weighted by atomic mass is 16.5. The van der Waals surface area contributed by atoms with Crippen LogP contribution in [0.3, 0.4) is 0 Å². The number of aromatic nitrogens is 2. The van der Waals surface area contributed by atoms with Gasteiger partial charge in [0.05, 0.1) is 6.04 Å². The highest BCUT2D eigenvalue weighted by molar-refractivity contribution is 5.75. The van der Waals surface area contributed by atoms with Crippen LogP contribution in [0.1, 0.15) is 68.3 Å². The number of hydrogen-bond acceptors (Lipinski definition) is 5. The van der Waals surface area contributed by atoms with Gasteiger partial charge in [-0.05, 0) is 44.7 Å². The van der Waals surface area contributed by atoms with Crippen LogP contribution in [0.15, 0.2) is 28.8 Å². The van der Waals surface area contributed by atoms with Crippen molar-refractivity contribution in [2.75, 3.05) is 6.54 Å². The number of nitrogens with one attached hydrogen (secondary N) is 1. The van der Waals surface area contributed by atoms with Gasteiger partial charge < -0.3 is 19.5 Å². The summed E-state index contributed by atoms with van der Waals surface area (Å²) in [6, 6.07) is 8.00. The molecule has 2 aliphatic rings. The summed E-state index contributed by atoms with van der Waals surface area (Å²) >= 11 is 0. The predicted octanol–water partition coefficient (Wildman–Crippen LogP) is 4.14. The van der Waals surface area contributed by atoms with E-state index in [4.69, 9.17) is 9.26 Å². The summed E-state index contributed by atoms with van der Waals surface area (Å²) < 4.78 is 11.1. The number of likely N-dealkylation sites (tertiary alicyclic amines) is 1. The fourth-order valence-corrected chi connectivity index (χ4v) is 4.02. The molecule has 4 rings (SSSR count). The van der Waals surface area contributed by atoms with Crippen LogP contribution < -0.4 is 10.1 Å². The van der Waals surface area contributed by atoms with Crippen LogP contribution in [0.25, 0.3) is 0 Å². The quantitative estimate of drug-likeness (QED) is 0.838. The van der Waals surface area contributed by atoms with Gasteiger partial charge in [-0.15, -0.1) is 0 Å². The lowest BCUT2D eigenvalue weighted by Gasteiger charge is -2.28. The minimum absolute atomic E-state index is 0.00310. The average Bonchev–Trinajstić information content (AvgIpc) is 3.38. The van der Waals surface area contributed by atoms with Gasteiger partial charge in [0.25, 0.3) is 5.89 Å². The molecule has 0 radical (unpaired) electrons. The summed E-state index contributed by atoms with van der Waals surface area (Å²) in [5.74, 6) is 1.76. The highest BCUT2D eigenvalue weighted by Crippen LogP contribution is 2.30. The van der Waals surface area contributed by atoms with E-state index in [-0.39, 0.29) is 18.7 Å². The second-order valence-electron chi connectivity index (χ2n) is 7.78. The number of ether oxygens (including phenoxy) is 1. The number of aryl methyl sites for hydroxylation is 1. The van der Waals surface area contributed by atoms with Crippen molar-refractivity contribution in [3.8, 4) is 5.75 Å². The molecule has 1 aromatic carbocycles. The number of carbonyl (C=O) groups is 1. The van der Waals surface area contributed by atoms with Gasteiger partial charge in [-0.25, -0.2) is 4.79 Å². The first-order valence-corrected chi connectivity index (χ1v) is 10.3. The molecule has 28 heavy (non-hydrogen) atoms. The van der Waals surface area contributed by atoms with E-state index in [2.05, 4.69) is 15.5 Å². The lowest BCUT2D eigenvalue weighted by atomic mass is 9.96. The van der Waals surface area contributed by atoms with Crippen molar-refractivity contribution in [1.29, 1.82) is 0 Å². The van der Waals surface area contributed by atoms with E-state index in [9.17, 15) is 4.79 Å². The first-order chi connectivity index (χ1) is 13.7. The van der Waals surface area contributed by atoms with Crippen molar-refractivity contribution >= 4 is 6.03 Å². The third kappa shape index (κ3) is 4.46. The average molecular weight is 384 g/mol. The summed E-state index contributed by atoms with van der Waals surface area (Å²) in [5.41, 5.74) is 1.18. The minimum atomic E-state index is -0.125. The molecule has 1 atom stereocenters. The van der Waals surface area contributed by atoms with E-state index in [1.807, 2.05) is 36.1 Å². The molecular formula is C21H28N4O3. The van der Waals surface area contributed by atoms with E-state index in [0.717, 1.165) is 38.0 Å². The van der Waals surface area contributed by atoms with Crippen molar-refractivity contribution in [2.45, 2.75) is 70.6 Å². The topological polar surface area (TPSA) is 80.5 Å². The molecular weight excluding hydrogens is 356 g/mol. The molecule has 1 aliphatic carbocycles. The largest absolute Gasteiger partial charge is 0.484 e. The first kappa shape index (κ1) is 18.8. The Bertz CT molecular complexity index is 783. The van der Waals surface area contributed by atoms with Crippen molar-refractivity contribution < 1.29 is 14.1 Å². The fourth-order valence-electron chi connectivity index (χ4n) is 4.02. The van der Waals surface area contributed by atoms with Gasteiger partial charge in [0.2, 0.25) is 0 Å². The number of nitrogens with zero attached hydrogens (tertiary/aromatic N) is 3. The van der Waals surface area contributed by atoms with Gasteiger partial charge in [-0.2, -0.15) is 4.98 Å². The van der Waals surface area contributed by atoms with Crippen LogP contribution in [0.2, 0.25) is 0 Å². The van der Waals surface area contributed by atoms with Crippen molar-refractivity contribution in [2.24, 2.45) is 0 Å². The van der Waals surface area contributed by atoms with Gasteiger partial charge in [-0.1, -0.05) is 42.1 Å². The molecule has 2 aromatic rings. The summed E-state index contributed by atoms with van der Waals surface area (Å²) in [6.45, 7) is 2.98. The Labute approximate surface area is 165 Å². The number of hydrogen-bond donors (Lipinski definition) is 1. The molecule has 0 spiro atoms. The number of benzene rings is 1. The van der Waals surface area contributed by atoms with E-state index >= 15 is 0 Å². The van der Waals surface area contributed by atoms with Crippen LogP contribution in [0, 0.1) is 6.92 Å². The van der Waals surface area contributed by atoms with Crippen molar-refractivity contribution in [3.05, 3.63) is 41.5 Å². The molecule has 1 saturated heterocycles. The van der Waals surface area contributed by atoms with Crippen LogP contribution in [-0.4, -0.2) is 33.7 Å². The molecule has 2 amide bonds. The molecule has 2 fully saturated rings. The standard InChI is InChI=1S/C21H28N4O3/c1-15-9-11-17(12-10-15)27-14-19-23-20(24-28-19)18-8-5-13-25(18)21(26)22-16-6-3-2-4-7-16/h9-12,16,18H,2-8,13-14H2,1H3,(H,22,26). The van der Waals surface area contributed by atoms with Gasteiger partial charge in [0, 0.05) is 12.6 Å². The van der Waals surface area contributed by atoms with Crippen LogP contribution in [-0.2, 0) is 6.61 Å². The molecule has 1 unspecified atom stereocenters. The summed E-state index contributed by atoms with van der Waals surface area (Å²) in [6.07, 6.45) is 7.63.